The Kier molecular flexibility index (Phi) is 4.66. The van der Waals surface area contributed by atoms with Gasteiger partial charge in [-0.15, -0.1) is 0 Å². The first-order chi connectivity index (χ1) is 11.6. The fourth-order valence-electron chi connectivity index (χ4n) is 2.53. The maximum atomic E-state index is 12.8. The number of hydrogen-bond donors (Lipinski definition) is 0. The van der Waals surface area contributed by atoms with Gasteiger partial charge in [0.15, 0.2) is 17.1 Å². The Morgan fingerprint density at radius 2 is 1.54 bits per heavy atom. The highest BCUT2D eigenvalue weighted by atomic mass is 127. The maximum Gasteiger partial charge on any atom is 0.235 e. The summed E-state index contributed by atoms with van der Waals surface area (Å²) in [6.07, 6.45) is 0. The zero-order valence-corrected chi connectivity index (χ0v) is 15.5. The number of hydrogen-bond acceptors (Lipinski definition) is 5. The molecule has 0 fully saturated rings. The molecule has 6 heteroatoms. The van der Waals surface area contributed by atoms with Gasteiger partial charge < -0.3 is 18.6 Å². The van der Waals surface area contributed by atoms with E-state index in [1.54, 1.807) is 12.1 Å². The van der Waals surface area contributed by atoms with Gasteiger partial charge in [0.2, 0.25) is 16.9 Å². The summed E-state index contributed by atoms with van der Waals surface area (Å²) in [5, 5.41) is 0.374. The lowest BCUT2D eigenvalue weighted by atomic mass is 10.1. The topological polar surface area (TPSA) is 57.9 Å². The predicted molar refractivity (Wildman–Crippen MR) is 100 cm³/mol. The molecule has 0 aliphatic rings. The molecule has 0 radical (unpaired) electrons. The second-order valence-corrected chi connectivity index (χ2v) is 6.22. The van der Waals surface area contributed by atoms with E-state index < -0.39 is 0 Å². The van der Waals surface area contributed by atoms with E-state index in [4.69, 9.17) is 18.6 Å². The van der Waals surface area contributed by atoms with Crippen LogP contribution in [-0.4, -0.2) is 21.3 Å². The van der Waals surface area contributed by atoms with Crippen LogP contribution in [-0.2, 0) is 0 Å². The van der Waals surface area contributed by atoms with Gasteiger partial charge in [0.1, 0.15) is 0 Å². The first kappa shape index (κ1) is 16.6. The average molecular weight is 438 g/mol. The number of fused-ring (bicyclic) bond motifs is 1. The lowest BCUT2D eigenvalue weighted by molar-refractivity contribution is 0.351. The molecule has 3 rings (SSSR count). The number of ether oxygens (including phenoxy) is 3. The molecule has 2 aromatic carbocycles. The molecule has 0 saturated heterocycles. The Hall–Kier alpha value is -2.22. The zero-order chi connectivity index (χ0) is 17.3. The van der Waals surface area contributed by atoms with Gasteiger partial charge in [-0.25, -0.2) is 0 Å². The summed E-state index contributed by atoms with van der Waals surface area (Å²) in [6, 6.07) is 10.9. The van der Waals surface area contributed by atoms with Crippen molar-refractivity contribution in [1.29, 1.82) is 0 Å². The quantitative estimate of drug-likeness (QED) is 0.575. The Morgan fingerprint density at radius 1 is 0.875 bits per heavy atom. The number of halogens is 1. The second-order valence-electron chi connectivity index (χ2n) is 4.98. The maximum absolute atomic E-state index is 12.8. The van der Waals surface area contributed by atoms with Crippen molar-refractivity contribution in [2.24, 2.45) is 0 Å². The van der Waals surface area contributed by atoms with Crippen molar-refractivity contribution in [2.75, 3.05) is 21.3 Å². The molecule has 0 spiro atoms. The zero-order valence-electron chi connectivity index (χ0n) is 13.4. The van der Waals surface area contributed by atoms with Crippen LogP contribution in [0.5, 0.6) is 17.2 Å². The summed E-state index contributed by atoms with van der Waals surface area (Å²) >= 11 is 2.22. The smallest absolute Gasteiger partial charge is 0.235 e. The third kappa shape index (κ3) is 2.71. The Balaban J connectivity index is 2.40. The molecule has 1 aromatic heterocycles. The van der Waals surface area contributed by atoms with E-state index in [2.05, 4.69) is 22.6 Å². The SMILES string of the molecule is COc1ccc2c(=O)c(OC)c(-c3ccc(I)cc3)oc2c1OC. The summed E-state index contributed by atoms with van der Waals surface area (Å²) in [4.78, 5) is 12.8. The highest BCUT2D eigenvalue weighted by Crippen LogP contribution is 2.39. The van der Waals surface area contributed by atoms with E-state index in [0.29, 0.717) is 28.2 Å². The van der Waals surface area contributed by atoms with Crippen LogP contribution in [0.4, 0.5) is 0 Å². The molecule has 0 aliphatic carbocycles. The fourth-order valence-corrected chi connectivity index (χ4v) is 2.89. The lowest BCUT2D eigenvalue weighted by Crippen LogP contribution is -2.08. The van der Waals surface area contributed by atoms with Crippen molar-refractivity contribution >= 4 is 33.6 Å². The van der Waals surface area contributed by atoms with Crippen molar-refractivity contribution in [1.82, 2.24) is 0 Å². The van der Waals surface area contributed by atoms with Crippen LogP contribution in [0.2, 0.25) is 0 Å². The molecule has 0 bridgehead atoms. The van der Waals surface area contributed by atoms with E-state index in [1.165, 1.54) is 21.3 Å². The molecule has 0 atom stereocenters. The third-order valence-corrected chi connectivity index (χ3v) is 4.39. The van der Waals surface area contributed by atoms with Crippen LogP contribution < -0.4 is 19.6 Å². The molecule has 0 aliphatic heterocycles. The van der Waals surface area contributed by atoms with Gasteiger partial charge in [0.05, 0.1) is 26.7 Å². The van der Waals surface area contributed by atoms with Gasteiger partial charge in [0.25, 0.3) is 0 Å². The Morgan fingerprint density at radius 3 is 2.12 bits per heavy atom. The van der Waals surface area contributed by atoms with Gasteiger partial charge in [-0.05, 0) is 46.9 Å². The van der Waals surface area contributed by atoms with Crippen molar-refractivity contribution in [3.63, 3.8) is 0 Å². The summed E-state index contributed by atoms with van der Waals surface area (Å²) in [5.74, 6) is 1.39. The predicted octanol–water partition coefficient (Wildman–Crippen LogP) is 4.09. The second kappa shape index (κ2) is 6.72. The molecule has 0 saturated carbocycles. The van der Waals surface area contributed by atoms with Crippen molar-refractivity contribution in [3.8, 4) is 28.6 Å². The standard InChI is InChI=1S/C18H15IO5/c1-21-13-9-8-12-14(20)18(23-3)15(24-16(12)17(13)22-2)10-4-6-11(19)7-5-10/h4-9H,1-3H3. The first-order valence-corrected chi connectivity index (χ1v) is 8.20. The van der Waals surface area contributed by atoms with Crippen LogP contribution in [0.25, 0.3) is 22.3 Å². The minimum absolute atomic E-state index is 0.163. The highest BCUT2D eigenvalue weighted by molar-refractivity contribution is 14.1. The molecule has 5 nitrogen and oxygen atoms in total. The van der Waals surface area contributed by atoms with E-state index in [9.17, 15) is 4.79 Å². The van der Waals surface area contributed by atoms with Crippen LogP contribution >= 0.6 is 22.6 Å². The van der Waals surface area contributed by atoms with E-state index in [1.807, 2.05) is 24.3 Å². The van der Waals surface area contributed by atoms with E-state index >= 15 is 0 Å². The van der Waals surface area contributed by atoms with Gasteiger partial charge in [0, 0.05) is 9.13 Å². The molecule has 0 unspecified atom stereocenters. The number of rotatable bonds is 4. The largest absolute Gasteiger partial charge is 0.493 e. The summed E-state index contributed by atoms with van der Waals surface area (Å²) in [7, 11) is 4.49. The van der Waals surface area contributed by atoms with Gasteiger partial charge >= 0.3 is 0 Å². The molecule has 0 N–H and O–H groups in total. The van der Waals surface area contributed by atoms with Gasteiger partial charge in [-0.3, -0.25) is 4.79 Å². The molecule has 1 heterocycles. The minimum atomic E-state index is -0.256. The molecule has 24 heavy (non-hydrogen) atoms. The van der Waals surface area contributed by atoms with Gasteiger partial charge in [-0.1, -0.05) is 12.1 Å². The Labute approximate surface area is 152 Å². The minimum Gasteiger partial charge on any atom is -0.493 e. The monoisotopic (exact) mass is 438 g/mol. The molecule has 3 aromatic rings. The molecule has 0 amide bonds. The number of methoxy groups -OCH3 is 3. The number of benzene rings is 2. The van der Waals surface area contributed by atoms with Gasteiger partial charge in [-0.2, -0.15) is 0 Å². The van der Waals surface area contributed by atoms with Crippen molar-refractivity contribution in [2.45, 2.75) is 0 Å². The van der Waals surface area contributed by atoms with Crippen LogP contribution in [0.3, 0.4) is 0 Å². The van der Waals surface area contributed by atoms with Crippen LogP contribution in [0, 0.1) is 3.57 Å². The molecule has 124 valence electrons. The molecular formula is C18H15IO5. The van der Waals surface area contributed by atoms with E-state index in [0.717, 1.165) is 9.13 Å². The van der Waals surface area contributed by atoms with E-state index in [-0.39, 0.29) is 11.2 Å². The average Bonchev–Trinajstić information content (AvgIpc) is 2.61. The summed E-state index contributed by atoms with van der Waals surface area (Å²) < 4.78 is 23.1. The lowest BCUT2D eigenvalue weighted by Gasteiger charge is -2.13. The highest BCUT2D eigenvalue weighted by Gasteiger charge is 2.21. The van der Waals surface area contributed by atoms with Crippen molar-refractivity contribution in [3.05, 3.63) is 50.2 Å². The Bertz CT molecular complexity index is 944. The summed E-state index contributed by atoms with van der Waals surface area (Å²) in [6.45, 7) is 0. The third-order valence-electron chi connectivity index (χ3n) is 3.67. The fraction of sp³-hybridized carbons (Fsp3) is 0.167. The first-order valence-electron chi connectivity index (χ1n) is 7.12. The summed E-state index contributed by atoms with van der Waals surface area (Å²) in [5.41, 5.74) is 0.820. The van der Waals surface area contributed by atoms with Crippen LogP contribution in [0.15, 0.2) is 45.6 Å². The van der Waals surface area contributed by atoms with Crippen molar-refractivity contribution < 1.29 is 18.6 Å². The normalized spacial score (nSPS) is 10.7. The molecular weight excluding hydrogens is 423 g/mol. The van der Waals surface area contributed by atoms with Crippen LogP contribution in [0.1, 0.15) is 0 Å².